The molecule has 0 aliphatic heterocycles. The molecule has 0 aliphatic carbocycles. The van der Waals surface area contributed by atoms with Crippen LogP contribution < -0.4 is 0 Å². The number of alkyl halides is 8. The van der Waals surface area contributed by atoms with Crippen molar-refractivity contribution < 1.29 is 35.1 Å². The Bertz CT molecular complexity index is 282. The molecule has 0 fully saturated rings. The highest BCUT2D eigenvalue weighted by Crippen LogP contribution is 2.49. The fourth-order valence-electron chi connectivity index (χ4n) is 1.02. The predicted octanol–water partition coefficient (Wildman–Crippen LogP) is 4.90. The molecule has 0 spiro atoms. The van der Waals surface area contributed by atoms with E-state index in [4.69, 9.17) is 0 Å². The van der Waals surface area contributed by atoms with E-state index < -0.39 is 30.3 Å². The van der Waals surface area contributed by atoms with Crippen LogP contribution in [-0.4, -0.2) is 24.2 Å². The van der Waals surface area contributed by atoms with Crippen LogP contribution in [0.25, 0.3) is 0 Å². The van der Waals surface area contributed by atoms with Gasteiger partial charge in [0.1, 0.15) is 0 Å². The number of halogens is 8. The van der Waals surface area contributed by atoms with E-state index in [1.165, 1.54) is 0 Å². The molecule has 0 aromatic carbocycles. The average molecular weight is 284 g/mol. The fraction of sp³-hybridized carbons (Fsp3) is 0.800. The molecule has 108 valence electrons. The van der Waals surface area contributed by atoms with Gasteiger partial charge < -0.3 is 0 Å². The van der Waals surface area contributed by atoms with Crippen molar-refractivity contribution in [2.75, 3.05) is 0 Å². The molecular formula is C10H12F8. The van der Waals surface area contributed by atoms with Crippen molar-refractivity contribution in [2.24, 2.45) is 0 Å². The Hall–Kier alpha value is -0.820. The van der Waals surface area contributed by atoms with Crippen LogP contribution in [0.1, 0.15) is 26.2 Å². The minimum absolute atomic E-state index is 0.0254. The number of hydrogen-bond acceptors (Lipinski definition) is 0. The zero-order chi connectivity index (χ0) is 14.6. The van der Waals surface area contributed by atoms with Crippen molar-refractivity contribution in [2.45, 2.75) is 50.4 Å². The lowest BCUT2D eigenvalue weighted by Gasteiger charge is -2.30. The molecule has 0 heterocycles. The van der Waals surface area contributed by atoms with Crippen molar-refractivity contribution in [1.82, 2.24) is 0 Å². The number of hydrogen-bond donors (Lipinski definition) is 0. The van der Waals surface area contributed by atoms with Crippen molar-refractivity contribution in [3.05, 3.63) is 12.2 Å². The maximum absolute atomic E-state index is 12.8. The van der Waals surface area contributed by atoms with Gasteiger partial charge in [-0.25, -0.2) is 8.78 Å². The number of unbranched alkanes of at least 4 members (excludes halogenated alkanes) is 2. The fourth-order valence-corrected chi connectivity index (χ4v) is 1.02. The molecule has 0 rings (SSSR count). The van der Waals surface area contributed by atoms with E-state index in [9.17, 15) is 35.1 Å². The van der Waals surface area contributed by atoms with E-state index in [1.807, 2.05) is 0 Å². The zero-order valence-corrected chi connectivity index (χ0v) is 9.38. The van der Waals surface area contributed by atoms with Crippen molar-refractivity contribution >= 4 is 0 Å². The van der Waals surface area contributed by atoms with E-state index in [2.05, 4.69) is 0 Å². The molecule has 0 radical (unpaired) electrons. The van der Waals surface area contributed by atoms with Gasteiger partial charge in [-0.1, -0.05) is 25.8 Å². The highest BCUT2D eigenvalue weighted by Gasteiger charge is 2.74. The predicted molar refractivity (Wildman–Crippen MR) is 49.5 cm³/mol. The van der Waals surface area contributed by atoms with Gasteiger partial charge in [0.05, 0.1) is 0 Å². The quantitative estimate of drug-likeness (QED) is 0.354. The van der Waals surface area contributed by atoms with Gasteiger partial charge >= 0.3 is 24.2 Å². The summed E-state index contributed by atoms with van der Waals surface area (Å²) < 4.78 is 99.2. The lowest BCUT2D eigenvalue weighted by atomic mass is 10.0. The molecule has 8 heteroatoms. The number of allylic oxidation sites excluding steroid dienone is 2. The van der Waals surface area contributed by atoms with E-state index in [0.717, 1.165) is 0 Å². The maximum atomic E-state index is 12.8. The van der Waals surface area contributed by atoms with Crippen LogP contribution in [-0.2, 0) is 0 Å². The maximum Gasteiger partial charge on any atom is 0.381 e. The molecule has 0 N–H and O–H groups in total. The molecule has 0 saturated heterocycles. The molecule has 0 saturated carbocycles. The molecular weight excluding hydrogens is 272 g/mol. The smallest absolute Gasteiger partial charge is 0.203 e. The van der Waals surface area contributed by atoms with Crippen LogP contribution in [0, 0.1) is 0 Å². The normalized spacial score (nSPS) is 14.8. The first-order valence-corrected chi connectivity index (χ1v) is 5.10. The summed E-state index contributed by atoms with van der Waals surface area (Å²) in [5, 5.41) is 0. The van der Waals surface area contributed by atoms with Gasteiger partial charge in [0.2, 0.25) is 0 Å². The van der Waals surface area contributed by atoms with Gasteiger partial charge in [-0.05, 0) is 12.5 Å². The van der Waals surface area contributed by atoms with Crippen LogP contribution in [0.15, 0.2) is 12.2 Å². The molecule has 0 unspecified atom stereocenters. The third-order valence-electron chi connectivity index (χ3n) is 2.16. The Morgan fingerprint density at radius 2 is 1.50 bits per heavy atom. The Kier molecular flexibility index (Phi) is 5.61. The highest BCUT2D eigenvalue weighted by molar-refractivity contribution is 5.08. The Labute approximate surface area is 98.7 Å². The summed E-state index contributed by atoms with van der Waals surface area (Å²) in [6, 6.07) is 0. The standard InChI is InChI=1S/C10H12F8/c1-2-3-4-5-6-8(13,14)10(17,18)9(15,16)7(11)12/h5-7H,2-4H2,1H3/b6-5-. The van der Waals surface area contributed by atoms with Crippen molar-refractivity contribution in [3.63, 3.8) is 0 Å². The van der Waals surface area contributed by atoms with Crippen molar-refractivity contribution in [3.8, 4) is 0 Å². The molecule has 0 aromatic heterocycles. The summed E-state index contributed by atoms with van der Waals surface area (Å²) in [5.41, 5.74) is 0. The lowest BCUT2D eigenvalue weighted by molar-refractivity contribution is -0.325. The largest absolute Gasteiger partial charge is 0.381 e. The van der Waals surface area contributed by atoms with Gasteiger partial charge in [0.25, 0.3) is 0 Å². The average Bonchev–Trinajstić information content (AvgIpc) is 2.23. The van der Waals surface area contributed by atoms with E-state index >= 15 is 0 Å². The molecule has 0 bridgehead atoms. The van der Waals surface area contributed by atoms with Crippen LogP contribution in [0.4, 0.5) is 35.1 Å². The third kappa shape index (κ3) is 3.35. The van der Waals surface area contributed by atoms with Crippen LogP contribution in [0.5, 0.6) is 0 Å². The summed E-state index contributed by atoms with van der Waals surface area (Å²) in [7, 11) is 0. The van der Waals surface area contributed by atoms with E-state index in [-0.39, 0.29) is 6.42 Å². The Morgan fingerprint density at radius 1 is 1.00 bits per heavy atom. The second-order valence-electron chi connectivity index (χ2n) is 3.67. The molecule has 0 atom stereocenters. The van der Waals surface area contributed by atoms with Gasteiger partial charge in [0, 0.05) is 0 Å². The summed E-state index contributed by atoms with van der Waals surface area (Å²) in [6.45, 7) is 1.70. The summed E-state index contributed by atoms with van der Waals surface area (Å²) >= 11 is 0. The Balaban J connectivity index is 5.01. The Morgan fingerprint density at radius 3 is 1.89 bits per heavy atom. The monoisotopic (exact) mass is 284 g/mol. The molecule has 18 heavy (non-hydrogen) atoms. The second kappa shape index (κ2) is 5.88. The van der Waals surface area contributed by atoms with Gasteiger partial charge in [0.15, 0.2) is 0 Å². The molecule has 0 nitrogen and oxygen atoms in total. The minimum atomic E-state index is -6.14. The molecule has 0 amide bonds. The zero-order valence-electron chi connectivity index (χ0n) is 9.38. The molecule has 0 aromatic rings. The SMILES string of the molecule is CCCC/C=C\C(F)(F)C(F)(F)C(F)(F)C(F)F. The van der Waals surface area contributed by atoms with Gasteiger partial charge in [-0.2, -0.15) is 26.3 Å². The summed E-state index contributed by atoms with van der Waals surface area (Å²) in [5.74, 6) is -17.6. The third-order valence-corrected chi connectivity index (χ3v) is 2.16. The first-order valence-electron chi connectivity index (χ1n) is 5.10. The van der Waals surface area contributed by atoms with Crippen molar-refractivity contribution in [1.29, 1.82) is 0 Å². The van der Waals surface area contributed by atoms with Crippen LogP contribution in [0.2, 0.25) is 0 Å². The summed E-state index contributed by atoms with van der Waals surface area (Å²) in [4.78, 5) is 0. The highest BCUT2D eigenvalue weighted by atomic mass is 19.4. The van der Waals surface area contributed by atoms with Gasteiger partial charge in [-0.15, -0.1) is 0 Å². The van der Waals surface area contributed by atoms with E-state index in [0.29, 0.717) is 18.9 Å². The first-order chi connectivity index (χ1) is 8.00. The topological polar surface area (TPSA) is 0 Å². The van der Waals surface area contributed by atoms with Crippen LogP contribution in [0.3, 0.4) is 0 Å². The van der Waals surface area contributed by atoms with Crippen LogP contribution >= 0.6 is 0 Å². The second-order valence-corrected chi connectivity index (χ2v) is 3.67. The summed E-state index contributed by atoms with van der Waals surface area (Å²) in [6.07, 6.45) is -3.79. The molecule has 0 aliphatic rings. The lowest BCUT2D eigenvalue weighted by Crippen LogP contribution is -2.56. The number of rotatable bonds is 7. The van der Waals surface area contributed by atoms with Gasteiger partial charge in [-0.3, -0.25) is 0 Å². The minimum Gasteiger partial charge on any atom is -0.203 e. The first kappa shape index (κ1) is 17.2. The van der Waals surface area contributed by atoms with E-state index in [1.54, 1.807) is 6.92 Å².